The van der Waals surface area contributed by atoms with Gasteiger partial charge in [-0.05, 0) is 43.4 Å². The number of hydrogen-bond acceptors (Lipinski definition) is 2. The highest BCUT2D eigenvalue weighted by Gasteiger charge is 2.10. The van der Waals surface area contributed by atoms with Crippen LogP contribution >= 0.6 is 28.1 Å². The maximum absolute atomic E-state index is 11.7. The van der Waals surface area contributed by atoms with Crippen molar-refractivity contribution in [3.8, 4) is 0 Å². The topological polar surface area (TPSA) is 58.4 Å². The van der Waals surface area contributed by atoms with Crippen molar-refractivity contribution in [1.82, 2.24) is 10.4 Å². The first-order valence-electron chi connectivity index (χ1n) is 4.68. The Labute approximate surface area is 108 Å². The molecule has 1 aromatic carbocycles. The number of hydrazine groups is 1. The average Bonchev–Trinajstić information content (AvgIpc) is 2.26. The van der Waals surface area contributed by atoms with E-state index in [9.17, 15) is 4.79 Å². The molecule has 0 aliphatic rings. The van der Waals surface area contributed by atoms with Crippen molar-refractivity contribution in [2.45, 2.75) is 6.92 Å². The molecule has 0 fully saturated rings. The molecule has 0 atom stereocenters. The van der Waals surface area contributed by atoms with Crippen LogP contribution in [0.2, 0.25) is 0 Å². The zero-order chi connectivity index (χ0) is 12.1. The Balaban J connectivity index is 2.71. The lowest BCUT2D eigenvalue weighted by Crippen LogP contribution is -2.48. The lowest BCUT2D eigenvalue weighted by atomic mass is 10.2. The molecule has 0 saturated heterocycles. The van der Waals surface area contributed by atoms with Crippen LogP contribution in [0, 0.1) is 0 Å². The first-order valence-corrected chi connectivity index (χ1v) is 5.88. The summed E-state index contributed by atoms with van der Waals surface area (Å²) in [5.41, 5.74) is 8.60. The van der Waals surface area contributed by atoms with E-state index in [1.54, 1.807) is 24.3 Å². The average molecular weight is 302 g/mol. The maximum atomic E-state index is 11.7. The zero-order valence-corrected chi connectivity index (χ0v) is 11.1. The molecule has 4 nitrogen and oxygen atoms in total. The van der Waals surface area contributed by atoms with Gasteiger partial charge in [-0.1, -0.05) is 15.9 Å². The summed E-state index contributed by atoms with van der Waals surface area (Å²) in [7, 11) is 0. The predicted molar refractivity (Wildman–Crippen MR) is 70.8 cm³/mol. The SMILES string of the molecule is CCN(NC(=O)c1ccc(Br)cc1)C(N)=S. The van der Waals surface area contributed by atoms with E-state index in [0.717, 1.165) is 4.47 Å². The minimum Gasteiger partial charge on any atom is -0.375 e. The minimum absolute atomic E-state index is 0.146. The number of rotatable bonds is 2. The summed E-state index contributed by atoms with van der Waals surface area (Å²) >= 11 is 8.09. The Morgan fingerprint density at radius 3 is 2.50 bits per heavy atom. The number of amides is 1. The van der Waals surface area contributed by atoms with Crippen molar-refractivity contribution in [1.29, 1.82) is 0 Å². The van der Waals surface area contributed by atoms with Crippen molar-refractivity contribution in [3.05, 3.63) is 34.3 Å². The van der Waals surface area contributed by atoms with Crippen LogP contribution in [0.15, 0.2) is 28.7 Å². The summed E-state index contributed by atoms with van der Waals surface area (Å²) in [6, 6.07) is 7.03. The third-order valence-corrected chi connectivity index (χ3v) is 2.67. The third-order valence-electron chi connectivity index (χ3n) is 1.93. The summed E-state index contributed by atoms with van der Waals surface area (Å²) in [6.07, 6.45) is 0. The maximum Gasteiger partial charge on any atom is 0.269 e. The Morgan fingerprint density at radius 2 is 2.06 bits per heavy atom. The molecule has 1 amide bonds. The van der Waals surface area contributed by atoms with Gasteiger partial charge in [-0.2, -0.15) is 0 Å². The summed E-state index contributed by atoms with van der Waals surface area (Å²) < 4.78 is 0.922. The molecule has 1 aromatic rings. The Bertz CT molecular complexity index is 394. The zero-order valence-electron chi connectivity index (χ0n) is 8.74. The van der Waals surface area contributed by atoms with Gasteiger partial charge in [-0.3, -0.25) is 15.2 Å². The fraction of sp³-hybridized carbons (Fsp3) is 0.200. The van der Waals surface area contributed by atoms with Crippen LogP contribution < -0.4 is 11.2 Å². The molecule has 0 aromatic heterocycles. The summed E-state index contributed by atoms with van der Waals surface area (Å²) in [5, 5.41) is 1.56. The van der Waals surface area contributed by atoms with Crippen LogP contribution in [0.4, 0.5) is 0 Å². The Hall–Kier alpha value is -1.14. The number of thiocarbonyl (C=S) groups is 1. The molecule has 0 aliphatic heterocycles. The molecule has 6 heteroatoms. The quantitative estimate of drug-likeness (QED) is 0.644. The first kappa shape index (κ1) is 12.9. The van der Waals surface area contributed by atoms with E-state index in [0.29, 0.717) is 12.1 Å². The molecular weight excluding hydrogens is 290 g/mol. The van der Waals surface area contributed by atoms with Gasteiger partial charge >= 0.3 is 0 Å². The first-order chi connectivity index (χ1) is 7.54. The van der Waals surface area contributed by atoms with E-state index >= 15 is 0 Å². The minimum atomic E-state index is -0.234. The van der Waals surface area contributed by atoms with E-state index in [-0.39, 0.29) is 11.0 Å². The van der Waals surface area contributed by atoms with Crippen molar-refractivity contribution >= 4 is 39.2 Å². The van der Waals surface area contributed by atoms with Gasteiger partial charge in [-0.15, -0.1) is 0 Å². The fourth-order valence-corrected chi connectivity index (χ4v) is 1.52. The third kappa shape index (κ3) is 3.46. The van der Waals surface area contributed by atoms with Gasteiger partial charge in [0.25, 0.3) is 5.91 Å². The second kappa shape index (κ2) is 5.81. The molecule has 0 heterocycles. The van der Waals surface area contributed by atoms with Gasteiger partial charge in [0, 0.05) is 16.6 Å². The molecule has 86 valence electrons. The monoisotopic (exact) mass is 301 g/mol. The molecular formula is C10H12BrN3OS. The van der Waals surface area contributed by atoms with E-state index in [1.165, 1.54) is 5.01 Å². The fourth-order valence-electron chi connectivity index (χ4n) is 1.08. The number of carbonyl (C=O) groups is 1. The highest BCUT2D eigenvalue weighted by atomic mass is 79.9. The molecule has 16 heavy (non-hydrogen) atoms. The van der Waals surface area contributed by atoms with Crippen molar-refractivity contribution in [2.24, 2.45) is 5.73 Å². The highest BCUT2D eigenvalue weighted by Crippen LogP contribution is 2.10. The van der Waals surface area contributed by atoms with Crippen LogP contribution in [0.3, 0.4) is 0 Å². The van der Waals surface area contributed by atoms with Crippen molar-refractivity contribution in [3.63, 3.8) is 0 Å². The highest BCUT2D eigenvalue weighted by molar-refractivity contribution is 9.10. The summed E-state index contributed by atoms with van der Waals surface area (Å²) in [5.74, 6) is -0.234. The molecule has 0 spiro atoms. The van der Waals surface area contributed by atoms with Crippen LogP contribution in [0.5, 0.6) is 0 Å². The van der Waals surface area contributed by atoms with E-state index in [1.807, 2.05) is 6.92 Å². The largest absolute Gasteiger partial charge is 0.375 e. The number of nitrogens with one attached hydrogen (secondary N) is 1. The van der Waals surface area contributed by atoms with Crippen molar-refractivity contribution < 1.29 is 4.79 Å². The lowest BCUT2D eigenvalue weighted by molar-refractivity contribution is 0.0874. The van der Waals surface area contributed by atoms with Gasteiger partial charge in [0.15, 0.2) is 5.11 Å². The molecule has 0 unspecified atom stereocenters. The van der Waals surface area contributed by atoms with Crippen LogP contribution in [-0.4, -0.2) is 22.6 Å². The van der Waals surface area contributed by atoms with Gasteiger partial charge in [-0.25, -0.2) is 0 Å². The molecule has 1 rings (SSSR count). The van der Waals surface area contributed by atoms with Crippen LogP contribution in [0.25, 0.3) is 0 Å². The number of carbonyl (C=O) groups excluding carboxylic acids is 1. The summed E-state index contributed by atoms with van der Waals surface area (Å²) in [6.45, 7) is 2.37. The Morgan fingerprint density at radius 1 is 1.50 bits per heavy atom. The normalized spacial score (nSPS) is 9.62. The number of hydrogen-bond donors (Lipinski definition) is 2. The smallest absolute Gasteiger partial charge is 0.269 e. The molecule has 0 bridgehead atoms. The number of nitrogens with zero attached hydrogens (tertiary/aromatic N) is 1. The van der Waals surface area contributed by atoms with E-state index < -0.39 is 0 Å². The number of nitrogens with two attached hydrogens (primary N) is 1. The second-order valence-corrected chi connectivity index (χ2v) is 4.36. The summed E-state index contributed by atoms with van der Waals surface area (Å²) in [4.78, 5) is 11.7. The van der Waals surface area contributed by atoms with Gasteiger partial charge < -0.3 is 5.73 Å². The van der Waals surface area contributed by atoms with Crippen LogP contribution in [-0.2, 0) is 0 Å². The van der Waals surface area contributed by atoms with Gasteiger partial charge in [0.1, 0.15) is 0 Å². The Kier molecular flexibility index (Phi) is 4.70. The van der Waals surface area contributed by atoms with E-state index in [2.05, 4.69) is 21.4 Å². The number of halogens is 1. The number of benzene rings is 1. The van der Waals surface area contributed by atoms with Gasteiger partial charge in [0.2, 0.25) is 0 Å². The predicted octanol–water partition coefficient (Wildman–Crippen LogP) is 1.66. The molecule has 0 aliphatic carbocycles. The van der Waals surface area contributed by atoms with Gasteiger partial charge in [0.05, 0.1) is 0 Å². The van der Waals surface area contributed by atoms with Crippen LogP contribution in [0.1, 0.15) is 17.3 Å². The molecule has 3 N–H and O–H groups in total. The lowest BCUT2D eigenvalue weighted by Gasteiger charge is -2.21. The molecule has 0 radical (unpaired) electrons. The second-order valence-electron chi connectivity index (χ2n) is 3.03. The standard InChI is InChI=1S/C10H12BrN3OS/c1-2-14(10(12)16)13-9(15)7-3-5-8(11)6-4-7/h3-6H,2H2,1H3,(H2,12,16)(H,13,15). The van der Waals surface area contributed by atoms with Crippen molar-refractivity contribution in [2.75, 3.05) is 6.54 Å². The van der Waals surface area contributed by atoms with E-state index in [4.69, 9.17) is 18.0 Å². The molecule has 0 saturated carbocycles.